The van der Waals surface area contributed by atoms with Gasteiger partial charge in [0, 0.05) is 24.1 Å². The Kier molecular flexibility index (Phi) is 5.83. The van der Waals surface area contributed by atoms with E-state index in [0.29, 0.717) is 42.9 Å². The Morgan fingerprint density at radius 2 is 1.78 bits per heavy atom. The van der Waals surface area contributed by atoms with Crippen LogP contribution in [0.4, 0.5) is 0 Å². The number of fused-ring (bicyclic) bond motifs is 1. The van der Waals surface area contributed by atoms with Crippen LogP contribution in [0.3, 0.4) is 0 Å². The molecule has 0 aromatic heterocycles. The first kappa shape index (κ1) is 22.8. The summed E-state index contributed by atoms with van der Waals surface area (Å²) in [6, 6.07) is 9.05. The Balaban J connectivity index is 1.57. The van der Waals surface area contributed by atoms with Crippen LogP contribution in [0.1, 0.15) is 88.1 Å². The predicted octanol–water partition coefficient (Wildman–Crippen LogP) is 3.68. The van der Waals surface area contributed by atoms with Crippen molar-refractivity contribution in [2.45, 2.75) is 89.8 Å². The lowest BCUT2D eigenvalue weighted by Crippen LogP contribution is -2.52. The molecule has 6 nitrogen and oxygen atoms in total. The lowest BCUT2D eigenvalue weighted by molar-refractivity contribution is -0.123. The number of rotatable bonds is 6. The third-order valence-electron chi connectivity index (χ3n) is 8.18. The summed E-state index contributed by atoms with van der Waals surface area (Å²) in [5.41, 5.74) is 0.0776. The zero-order valence-corrected chi connectivity index (χ0v) is 19.4. The summed E-state index contributed by atoms with van der Waals surface area (Å²) in [7, 11) is 0. The number of carbonyl (C=O) groups excluding carboxylic acids is 2. The maximum Gasteiger partial charge on any atom is 0.251 e. The number of aliphatic hydroxyl groups is 1. The van der Waals surface area contributed by atoms with Gasteiger partial charge in [0.05, 0.1) is 17.2 Å². The maximum atomic E-state index is 13.1. The molecule has 0 heterocycles. The number of nitrogens with one attached hydrogen (secondary N) is 2. The number of hydrogen-bond donors (Lipinski definition) is 3. The molecule has 32 heavy (non-hydrogen) atoms. The van der Waals surface area contributed by atoms with Crippen molar-refractivity contribution in [1.82, 2.24) is 10.6 Å². The number of nitriles is 1. The third kappa shape index (κ3) is 4.54. The summed E-state index contributed by atoms with van der Waals surface area (Å²) in [5, 5.41) is 26.3. The van der Waals surface area contributed by atoms with Gasteiger partial charge in [0.15, 0.2) is 0 Å². The molecule has 3 saturated carbocycles. The van der Waals surface area contributed by atoms with E-state index in [9.17, 15) is 14.7 Å². The first-order valence-electron chi connectivity index (χ1n) is 11.9. The smallest absolute Gasteiger partial charge is 0.251 e. The van der Waals surface area contributed by atoms with Gasteiger partial charge in [-0.2, -0.15) is 5.26 Å². The van der Waals surface area contributed by atoms with Gasteiger partial charge in [0.25, 0.3) is 5.91 Å². The summed E-state index contributed by atoms with van der Waals surface area (Å²) >= 11 is 0. The van der Waals surface area contributed by atoms with Crippen molar-refractivity contribution in [2.24, 2.45) is 16.7 Å². The molecule has 1 aromatic carbocycles. The number of hydrogen-bond acceptors (Lipinski definition) is 4. The molecule has 0 spiro atoms. The molecule has 3 aliphatic carbocycles. The molecule has 0 saturated heterocycles. The van der Waals surface area contributed by atoms with Crippen LogP contribution in [0.25, 0.3) is 0 Å². The van der Waals surface area contributed by atoms with Crippen LogP contribution in [0.15, 0.2) is 24.3 Å². The second-order valence-corrected chi connectivity index (χ2v) is 11.2. The number of nitrogens with zero attached hydrogens (tertiary/aromatic N) is 1. The second-order valence-electron chi connectivity index (χ2n) is 11.2. The molecular formula is C26H35N3O3. The lowest BCUT2D eigenvalue weighted by atomic mass is 9.57. The van der Waals surface area contributed by atoms with Crippen molar-refractivity contribution in [3.63, 3.8) is 0 Å². The van der Waals surface area contributed by atoms with E-state index in [4.69, 9.17) is 5.26 Å². The highest BCUT2D eigenvalue weighted by Gasteiger charge is 2.61. The van der Waals surface area contributed by atoms with E-state index in [1.54, 1.807) is 24.3 Å². The zero-order chi connectivity index (χ0) is 23.1. The van der Waals surface area contributed by atoms with Gasteiger partial charge >= 0.3 is 0 Å². The largest absolute Gasteiger partial charge is 0.390 e. The molecule has 0 aliphatic heterocycles. The van der Waals surface area contributed by atoms with Crippen molar-refractivity contribution in [2.75, 3.05) is 0 Å². The van der Waals surface area contributed by atoms with Crippen LogP contribution in [0.2, 0.25) is 0 Å². The minimum Gasteiger partial charge on any atom is -0.390 e. The molecule has 0 unspecified atom stereocenters. The zero-order valence-electron chi connectivity index (χ0n) is 19.4. The summed E-state index contributed by atoms with van der Waals surface area (Å²) in [6.45, 7) is 6.37. The van der Waals surface area contributed by atoms with Gasteiger partial charge in [-0.1, -0.05) is 13.8 Å². The summed E-state index contributed by atoms with van der Waals surface area (Å²) in [6.07, 6.45) is 6.28. The minimum absolute atomic E-state index is 0.0556. The van der Waals surface area contributed by atoms with Gasteiger partial charge in [-0.3, -0.25) is 9.59 Å². The molecule has 172 valence electrons. The van der Waals surface area contributed by atoms with Gasteiger partial charge in [-0.25, -0.2) is 0 Å². The van der Waals surface area contributed by atoms with E-state index in [1.165, 1.54) is 0 Å². The Hall–Kier alpha value is -2.39. The van der Waals surface area contributed by atoms with Crippen molar-refractivity contribution < 1.29 is 14.7 Å². The van der Waals surface area contributed by atoms with Crippen LogP contribution in [-0.4, -0.2) is 34.6 Å². The van der Waals surface area contributed by atoms with Gasteiger partial charge in [-0.05, 0) is 92.9 Å². The van der Waals surface area contributed by atoms with E-state index in [0.717, 1.165) is 25.7 Å². The highest BCUT2D eigenvalue weighted by molar-refractivity contribution is 5.94. The first-order chi connectivity index (χ1) is 15.0. The number of benzene rings is 1. The lowest BCUT2D eigenvalue weighted by Gasteiger charge is -2.50. The first-order valence-corrected chi connectivity index (χ1v) is 11.9. The molecule has 2 amide bonds. The van der Waals surface area contributed by atoms with Gasteiger partial charge in [-0.15, -0.1) is 0 Å². The normalized spacial score (nSPS) is 33.1. The van der Waals surface area contributed by atoms with E-state index < -0.39 is 5.60 Å². The Labute approximate surface area is 190 Å². The topological polar surface area (TPSA) is 102 Å². The van der Waals surface area contributed by atoms with Gasteiger partial charge in [0.2, 0.25) is 5.91 Å². The second kappa shape index (κ2) is 8.19. The summed E-state index contributed by atoms with van der Waals surface area (Å²) < 4.78 is 0. The van der Waals surface area contributed by atoms with Crippen LogP contribution in [-0.2, 0) is 4.79 Å². The fraction of sp³-hybridized carbons (Fsp3) is 0.654. The average Bonchev–Trinajstić information content (AvgIpc) is 3.52. The van der Waals surface area contributed by atoms with Crippen molar-refractivity contribution >= 4 is 11.8 Å². The molecule has 0 bridgehead atoms. The fourth-order valence-electron chi connectivity index (χ4n) is 6.24. The fourth-order valence-corrected chi connectivity index (χ4v) is 6.24. The van der Waals surface area contributed by atoms with Gasteiger partial charge < -0.3 is 15.7 Å². The standard InChI is InChI=1S/C26H35N3O3/c1-24(2)15-21(29-23(31)18-6-4-17(16-27)5-7-18)26(11-10-22(30)28-19-8-9-19)13-12-25(3,32)14-20(24)26/h4-7,19-21,32H,8-15H2,1-3H3,(H,28,30)(H,29,31)/t20-,21-,25-,26-/m0/s1. The van der Waals surface area contributed by atoms with Crippen molar-refractivity contribution in [1.29, 1.82) is 5.26 Å². The van der Waals surface area contributed by atoms with Crippen molar-refractivity contribution in [3.8, 4) is 6.07 Å². The maximum absolute atomic E-state index is 13.1. The Morgan fingerprint density at radius 3 is 2.41 bits per heavy atom. The van der Waals surface area contributed by atoms with E-state index in [1.807, 2.05) is 6.92 Å². The van der Waals surface area contributed by atoms with Crippen LogP contribution < -0.4 is 10.6 Å². The van der Waals surface area contributed by atoms with Crippen molar-refractivity contribution in [3.05, 3.63) is 35.4 Å². The molecule has 4 atom stereocenters. The number of amides is 2. The monoisotopic (exact) mass is 437 g/mol. The molecule has 1 aromatic rings. The Morgan fingerprint density at radius 1 is 1.09 bits per heavy atom. The SMILES string of the molecule is CC1(C)C[C@H](NC(=O)c2ccc(C#N)cc2)[C@@]2(CCC(=O)NC3CC3)CC[C@](C)(O)C[C@@H]12. The molecule has 3 fully saturated rings. The van der Waals surface area contributed by atoms with E-state index >= 15 is 0 Å². The molecule has 4 rings (SSSR count). The highest BCUT2D eigenvalue weighted by atomic mass is 16.3. The summed E-state index contributed by atoms with van der Waals surface area (Å²) in [5.74, 6) is 0.175. The van der Waals surface area contributed by atoms with E-state index in [2.05, 4.69) is 30.6 Å². The summed E-state index contributed by atoms with van der Waals surface area (Å²) in [4.78, 5) is 25.7. The van der Waals surface area contributed by atoms with Crippen LogP contribution in [0, 0.1) is 28.1 Å². The molecular weight excluding hydrogens is 402 g/mol. The molecule has 0 radical (unpaired) electrons. The minimum atomic E-state index is -0.715. The Bertz CT molecular complexity index is 927. The molecule has 3 N–H and O–H groups in total. The molecule has 3 aliphatic rings. The quantitative estimate of drug-likeness (QED) is 0.632. The van der Waals surface area contributed by atoms with Crippen LogP contribution in [0.5, 0.6) is 0 Å². The predicted molar refractivity (Wildman–Crippen MR) is 122 cm³/mol. The van der Waals surface area contributed by atoms with Crippen LogP contribution >= 0.6 is 0 Å². The average molecular weight is 438 g/mol. The highest BCUT2D eigenvalue weighted by Crippen LogP contribution is 2.63. The number of carbonyl (C=O) groups is 2. The molecule has 6 heteroatoms. The van der Waals surface area contributed by atoms with E-state index in [-0.39, 0.29) is 34.6 Å². The van der Waals surface area contributed by atoms with Gasteiger partial charge in [0.1, 0.15) is 0 Å². The third-order valence-corrected chi connectivity index (χ3v) is 8.18.